The Morgan fingerprint density at radius 2 is 1.73 bits per heavy atom. The van der Waals surface area contributed by atoms with Crippen molar-refractivity contribution < 1.29 is 4.42 Å². The Labute approximate surface area is 129 Å². The summed E-state index contributed by atoms with van der Waals surface area (Å²) in [5.74, 6) is 0. The van der Waals surface area contributed by atoms with Gasteiger partial charge < -0.3 is 14.2 Å². The molecular formula is C18H19N3O. The molecule has 0 saturated carbocycles. The molecule has 0 amide bonds. The number of aromatic nitrogens is 1. The molecule has 4 heteroatoms. The second kappa shape index (κ2) is 4.71. The van der Waals surface area contributed by atoms with Gasteiger partial charge >= 0.3 is 0 Å². The molecule has 3 saturated heterocycles. The molecule has 0 N–H and O–H groups in total. The van der Waals surface area contributed by atoms with E-state index in [0.717, 1.165) is 30.2 Å². The minimum atomic E-state index is 0.584. The van der Waals surface area contributed by atoms with Gasteiger partial charge in [0.2, 0.25) is 0 Å². The predicted octanol–water partition coefficient (Wildman–Crippen LogP) is 3.27. The van der Waals surface area contributed by atoms with E-state index in [0.29, 0.717) is 6.04 Å². The molecule has 3 fully saturated rings. The molecule has 4 heterocycles. The molecule has 4 nitrogen and oxygen atoms in total. The van der Waals surface area contributed by atoms with Crippen molar-refractivity contribution in [2.45, 2.75) is 18.9 Å². The Kier molecular flexibility index (Phi) is 2.67. The van der Waals surface area contributed by atoms with Crippen molar-refractivity contribution in [3.8, 4) is 0 Å². The highest BCUT2D eigenvalue weighted by atomic mass is 16.4. The normalized spacial score (nSPS) is 25.0. The fraction of sp³-hybridized carbons (Fsp3) is 0.389. The monoisotopic (exact) mass is 293 g/mol. The van der Waals surface area contributed by atoms with Gasteiger partial charge in [-0.05, 0) is 35.7 Å². The van der Waals surface area contributed by atoms with E-state index in [1.807, 2.05) is 0 Å². The number of piperidine rings is 1. The van der Waals surface area contributed by atoms with Crippen LogP contribution in [0.25, 0.3) is 21.9 Å². The summed E-state index contributed by atoms with van der Waals surface area (Å²) in [6.07, 6.45) is 2.45. The number of nitrogens with zero attached hydrogens (tertiary/aromatic N) is 3. The maximum Gasteiger partial charge on any atom is 0.298 e. The van der Waals surface area contributed by atoms with Crippen LogP contribution in [0.2, 0.25) is 0 Å². The predicted molar refractivity (Wildman–Crippen MR) is 88.3 cm³/mol. The molecule has 3 aliphatic rings. The number of hydrogen-bond donors (Lipinski definition) is 0. The van der Waals surface area contributed by atoms with Gasteiger partial charge in [-0.25, -0.2) is 0 Å². The van der Waals surface area contributed by atoms with Crippen molar-refractivity contribution in [3.05, 3.63) is 36.4 Å². The molecule has 1 aromatic heterocycles. The SMILES string of the molecule is c1ccc2cc3oc(N4CCN5CCC4CC5)nc3cc2c1. The Morgan fingerprint density at radius 1 is 0.955 bits per heavy atom. The first-order valence-corrected chi connectivity index (χ1v) is 8.15. The smallest absolute Gasteiger partial charge is 0.298 e. The minimum Gasteiger partial charge on any atom is -0.423 e. The van der Waals surface area contributed by atoms with Crippen molar-refractivity contribution in [2.75, 3.05) is 31.1 Å². The molecule has 3 aliphatic heterocycles. The maximum atomic E-state index is 6.12. The Hall–Kier alpha value is -2.07. The summed E-state index contributed by atoms with van der Waals surface area (Å²) in [6.45, 7) is 4.57. The van der Waals surface area contributed by atoms with Crippen LogP contribution < -0.4 is 4.90 Å². The van der Waals surface area contributed by atoms with Crippen LogP contribution in [0.15, 0.2) is 40.8 Å². The van der Waals surface area contributed by atoms with E-state index in [1.165, 1.54) is 36.7 Å². The minimum absolute atomic E-state index is 0.584. The number of oxazole rings is 1. The quantitative estimate of drug-likeness (QED) is 0.689. The third-order valence-electron chi connectivity index (χ3n) is 5.15. The summed E-state index contributed by atoms with van der Waals surface area (Å²) in [6, 6.07) is 14.0. The van der Waals surface area contributed by atoms with Gasteiger partial charge in [0.15, 0.2) is 5.58 Å². The first-order valence-electron chi connectivity index (χ1n) is 8.15. The Morgan fingerprint density at radius 3 is 2.55 bits per heavy atom. The highest BCUT2D eigenvalue weighted by molar-refractivity contribution is 5.94. The molecule has 0 spiro atoms. The molecule has 0 aliphatic carbocycles. The van der Waals surface area contributed by atoms with Gasteiger partial charge in [-0.3, -0.25) is 0 Å². The van der Waals surface area contributed by atoms with E-state index in [2.05, 4.69) is 46.2 Å². The molecule has 6 rings (SSSR count). The van der Waals surface area contributed by atoms with Crippen molar-refractivity contribution >= 4 is 27.9 Å². The first-order chi connectivity index (χ1) is 10.9. The Bertz CT molecular complexity index is 780. The van der Waals surface area contributed by atoms with Crippen LogP contribution in [-0.2, 0) is 0 Å². The van der Waals surface area contributed by atoms with E-state index in [-0.39, 0.29) is 0 Å². The summed E-state index contributed by atoms with van der Waals surface area (Å²) in [5, 5.41) is 2.43. The highest BCUT2D eigenvalue weighted by Gasteiger charge is 2.31. The van der Waals surface area contributed by atoms with Gasteiger partial charge in [0.25, 0.3) is 6.01 Å². The second-order valence-electron chi connectivity index (χ2n) is 6.43. The highest BCUT2D eigenvalue weighted by Crippen LogP contribution is 2.30. The van der Waals surface area contributed by atoms with Crippen molar-refractivity contribution in [1.82, 2.24) is 9.88 Å². The average Bonchev–Trinajstić information content (AvgIpc) is 2.73. The van der Waals surface area contributed by atoms with Crippen LogP contribution in [0.1, 0.15) is 12.8 Å². The van der Waals surface area contributed by atoms with Crippen LogP contribution >= 0.6 is 0 Å². The molecule has 3 aromatic rings. The molecule has 0 unspecified atom stereocenters. The van der Waals surface area contributed by atoms with E-state index >= 15 is 0 Å². The lowest BCUT2D eigenvalue weighted by molar-refractivity contribution is 0.249. The largest absolute Gasteiger partial charge is 0.423 e. The molecule has 22 heavy (non-hydrogen) atoms. The number of hydrogen-bond acceptors (Lipinski definition) is 4. The fourth-order valence-electron chi connectivity index (χ4n) is 3.86. The van der Waals surface area contributed by atoms with Gasteiger partial charge in [-0.15, -0.1) is 0 Å². The third-order valence-corrected chi connectivity index (χ3v) is 5.15. The van der Waals surface area contributed by atoms with Crippen molar-refractivity contribution in [2.24, 2.45) is 0 Å². The number of rotatable bonds is 1. The number of fused-ring (bicyclic) bond motifs is 6. The third kappa shape index (κ3) is 1.91. The lowest BCUT2D eigenvalue weighted by atomic mass is 10.1. The van der Waals surface area contributed by atoms with Crippen LogP contribution in [0, 0.1) is 0 Å². The van der Waals surface area contributed by atoms with E-state index in [9.17, 15) is 0 Å². The molecule has 0 atom stereocenters. The molecular weight excluding hydrogens is 274 g/mol. The lowest BCUT2D eigenvalue weighted by Crippen LogP contribution is -2.38. The Balaban J connectivity index is 1.60. The van der Waals surface area contributed by atoms with E-state index in [4.69, 9.17) is 9.40 Å². The summed E-state index contributed by atoms with van der Waals surface area (Å²) >= 11 is 0. The zero-order valence-electron chi connectivity index (χ0n) is 12.5. The van der Waals surface area contributed by atoms with Gasteiger partial charge in [0.1, 0.15) is 5.52 Å². The van der Waals surface area contributed by atoms with Crippen molar-refractivity contribution in [3.63, 3.8) is 0 Å². The zero-order chi connectivity index (χ0) is 14.5. The standard InChI is InChI=1S/C18H19N3O/c1-2-4-14-12-17-16(11-13(14)3-1)19-18(22-17)21-10-9-20-7-5-15(21)6-8-20/h1-4,11-12,15H,5-10H2. The van der Waals surface area contributed by atoms with Gasteiger partial charge in [0.05, 0.1) is 0 Å². The molecule has 2 aromatic carbocycles. The summed E-state index contributed by atoms with van der Waals surface area (Å²) < 4.78 is 6.12. The molecule has 2 bridgehead atoms. The fourth-order valence-corrected chi connectivity index (χ4v) is 3.86. The topological polar surface area (TPSA) is 32.5 Å². The van der Waals surface area contributed by atoms with Gasteiger partial charge in [0, 0.05) is 32.2 Å². The number of benzene rings is 2. The number of anilines is 1. The van der Waals surface area contributed by atoms with Crippen LogP contribution in [0.5, 0.6) is 0 Å². The second-order valence-corrected chi connectivity index (χ2v) is 6.43. The average molecular weight is 293 g/mol. The summed E-state index contributed by atoms with van der Waals surface area (Å²) in [5.41, 5.74) is 1.86. The van der Waals surface area contributed by atoms with Gasteiger partial charge in [-0.2, -0.15) is 4.98 Å². The maximum absolute atomic E-state index is 6.12. The van der Waals surface area contributed by atoms with Gasteiger partial charge in [-0.1, -0.05) is 24.3 Å². The first kappa shape index (κ1) is 12.5. The molecule has 0 radical (unpaired) electrons. The zero-order valence-corrected chi connectivity index (χ0v) is 12.5. The summed E-state index contributed by atoms with van der Waals surface area (Å²) in [4.78, 5) is 9.72. The summed E-state index contributed by atoms with van der Waals surface area (Å²) in [7, 11) is 0. The lowest BCUT2D eigenvalue weighted by Gasteiger charge is -2.30. The van der Waals surface area contributed by atoms with Crippen molar-refractivity contribution in [1.29, 1.82) is 0 Å². The van der Waals surface area contributed by atoms with Crippen LogP contribution in [0.3, 0.4) is 0 Å². The van der Waals surface area contributed by atoms with Crippen LogP contribution in [-0.4, -0.2) is 42.1 Å². The van der Waals surface area contributed by atoms with Crippen LogP contribution in [0.4, 0.5) is 6.01 Å². The van der Waals surface area contributed by atoms with E-state index < -0.39 is 0 Å². The molecule has 112 valence electrons. The van der Waals surface area contributed by atoms with E-state index in [1.54, 1.807) is 0 Å².